The van der Waals surface area contributed by atoms with Crippen LogP contribution in [0.2, 0.25) is 5.02 Å². The van der Waals surface area contributed by atoms with Crippen molar-refractivity contribution in [3.63, 3.8) is 0 Å². The van der Waals surface area contributed by atoms with Gasteiger partial charge in [-0.25, -0.2) is 0 Å². The number of aromatic hydroxyl groups is 2. The summed E-state index contributed by atoms with van der Waals surface area (Å²) in [6.45, 7) is 5.65. The molecule has 0 bridgehead atoms. The fourth-order valence-electron chi connectivity index (χ4n) is 2.42. The monoisotopic (exact) mass is 305 g/mol. The summed E-state index contributed by atoms with van der Waals surface area (Å²) in [5.74, 6) is 0.487. The lowest BCUT2D eigenvalue weighted by Crippen LogP contribution is -2.26. The van der Waals surface area contributed by atoms with Crippen molar-refractivity contribution in [2.24, 2.45) is 0 Å². The van der Waals surface area contributed by atoms with Gasteiger partial charge in [0.25, 0.3) is 0 Å². The third-order valence-electron chi connectivity index (χ3n) is 3.71. The van der Waals surface area contributed by atoms with Crippen molar-refractivity contribution in [3.05, 3.63) is 58.6 Å². The Kier molecular flexibility index (Phi) is 5.10. The molecular weight excluding hydrogens is 286 g/mol. The molecule has 0 fully saturated rings. The maximum absolute atomic E-state index is 9.61. The first-order valence-electron chi connectivity index (χ1n) is 7.01. The standard InChI is InChI=1S/C17H20ClNO2/c1-3-19(11-14-10-16(21)7-8-17(14)18)12(2)13-5-4-6-15(20)9-13/h4-10,12,20-21H,3,11H2,1-2H3. The van der Waals surface area contributed by atoms with Gasteiger partial charge in [0.15, 0.2) is 0 Å². The molecule has 0 saturated carbocycles. The number of phenols is 2. The van der Waals surface area contributed by atoms with Gasteiger partial charge in [-0.1, -0.05) is 30.7 Å². The first-order chi connectivity index (χ1) is 10.0. The van der Waals surface area contributed by atoms with Crippen molar-refractivity contribution in [2.45, 2.75) is 26.4 Å². The van der Waals surface area contributed by atoms with E-state index in [-0.39, 0.29) is 17.5 Å². The summed E-state index contributed by atoms with van der Waals surface area (Å²) in [6.07, 6.45) is 0. The fourth-order valence-corrected chi connectivity index (χ4v) is 2.60. The van der Waals surface area contributed by atoms with Gasteiger partial charge in [-0.2, -0.15) is 0 Å². The summed E-state index contributed by atoms with van der Waals surface area (Å²) in [5, 5.41) is 19.9. The van der Waals surface area contributed by atoms with Crippen LogP contribution >= 0.6 is 11.6 Å². The molecule has 0 saturated heterocycles. The first kappa shape index (κ1) is 15.7. The Balaban J connectivity index is 2.21. The quantitative estimate of drug-likeness (QED) is 0.864. The van der Waals surface area contributed by atoms with Crippen LogP contribution in [0.5, 0.6) is 11.5 Å². The van der Waals surface area contributed by atoms with Gasteiger partial charge < -0.3 is 10.2 Å². The molecule has 0 radical (unpaired) electrons. The van der Waals surface area contributed by atoms with Gasteiger partial charge in [-0.05, 0) is 54.9 Å². The van der Waals surface area contributed by atoms with E-state index in [0.29, 0.717) is 11.6 Å². The summed E-state index contributed by atoms with van der Waals surface area (Å²) in [4.78, 5) is 2.23. The summed E-state index contributed by atoms with van der Waals surface area (Å²) in [7, 11) is 0. The second kappa shape index (κ2) is 6.83. The highest BCUT2D eigenvalue weighted by molar-refractivity contribution is 6.31. The molecule has 0 aromatic heterocycles. The largest absolute Gasteiger partial charge is 0.508 e. The second-order valence-electron chi connectivity index (χ2n) is 5.11. The summed E-state index contributed by atoms with van der Waals surface area (Å²) in [6, 6.07) is 12.4. The fraction of sp³-hybridized carbons (Fsp3) is 0.294. The minimum atomic E-state index is 0.139. The van der Waals surface area contributed by atoms with Crippen LogP contribution in [0.3, 0.4) is 0 Å². The van der Waals surface area contributed by atoms with Crippen molar-refractivity contribution in [1.29, 1.82) is 0 Å². The van der Waals surface area contributed by atoms with Gasteiger partial charge >= 0.3 is 0 Å². The van der Waals surface area contributed by atoms with Crippen molar-refractivity contribution >= 4 is 11.6 Å². The minimum Gasteiger partial charge on any atom is -0.508 e. The molecule has 0 aliphatic heterocycles. The Morgan fingerprint density at radius 3 is 2.48 bits per heavy atom. The second-order valence-corrected chi connectivity index (χ2v) is 5.52. The van der Waals surface area contributed by atoms with E-state index in [1.807, 2.05) is 12.1 Å². The topological polar surface area (TPSA) is 43.7 Å². The molecule has 1 atom stereocenters. The predicted octanol–water partition coefficient (Wildman–Crippen LogP) is 4.33. The molecule has 21 heavy (non-hydrogen) atoms. The van der Waals surface area contributed by atoms with E-state index in [4.69, 9.17) is 11.6 Å². The number of halogens is 1. The highest BCUT2D eigenvalue weighted by atomic mass is 35.5. The van der Waals surface area contributed by atoms with Crippen LogP contribution in [-0.2, 0) is 6.54 Å². The lowest BCUT2D eigenvalue weighted by atomic mass is 10.1. The summed E-state index contributed by atoms with van der Waals surface area (Å²) < 4.78 is 0. The van der Waals surface area contributed by atoms with Gasteiger partial charge in [-0.15, -0.1) is 0 Å². The molecule has 0 amide bonds. The van der Waals surface area contributed by atoms with Crippen LogP contribution in [-0.4, -0.2) is 21.7 Å². The molecule has 0 aliphatic rings. The highest BCUT2D eigenvalue weighted by Crippen LogP contribution is 2.28. The highest BCUT2D eigenvalue weighted by Gasteiger charge is 2.16. The number of rotatable bonds is 5. The van der Waals surface area contributed by atoms with Gasteiger partial charge in [0.2, 0.25) is 0 Å². The lowest BCUT2D eigenvalue weighted by Gasteiger charge is -2.28. The lowest BCUT2D eigenvalue weighted by molar-refractivity contribution is 0.212. The van der Waals surface area contributed by atoms with E-state index in [9.17, 15) is 10.2 Å². The van der Waals surface area contributed by atoms with Crippen molar-refractivity contribution < 1.29 is 10.2 Å². The van der Waals surface area contributed by atoms with Gasteiger partial charge in [0, 0.05) is 17.6 Å². The Morgan fingerprint density at radius 1 is 1.10 bits per heavy atom. The number of phenolic OH excluding ortho intramolecular Hbond substituents is 2. The van der Waals surface area contributed by atoms with Crippen LogP contribution in [0.15, 0.2) is 42.5 Å². The van der Waals surface area contributed by atoms with E-state index in [0.717, 1.165) is 17.7 Å². The molecule has 3 nitrogen and oxygen atoms in total. The van der Waals surface area contributed by atoms with Crippen LogP contribution in [0.1, 0.15) is 31.0 Å². The van der Waals surface area contributed by atoms with E-state index >= 15 is 0 Å². The molecule has 2 aromatic carbocycles. The third-order valence-corrected chi connectivity index (χ3v) is 4.08. The minimum absolute atomic E-state index is 0.139. The molecule has 2 aromatic rings. The van der Waals surface area contributed by atoms with Crippen LogP contribution < -0.4 is 0 Å². The average molecular weight is 306 g/mol. The molecular formula is C17H20ClNO2. The Bertz CT molecular complexity index is 615. The number of benzene rings is 2. The van der Waals surface area contributed by atoms with Crippen LogP contribution in [0.4, 0.5) is 0 Å². The van der Waals surface area contributed by atoms with E-state index in [2.05, 4.69) is 18.7 Å². The smallest absolute Gasteiger partial charge is 0.116 e. The van der Waals surface area contributed by atoms with Gasteiger partial charge in [-0.3, -0.25) is 4.90 Å². The molecule has 2 rings (SSSR count). The van der Waals surface area contributed by atoms with E-state index in [1.54, 1.807) is 30.3 Å². The summed E-state index contributed by atoms with van der Waals surface area (Å²) in [5.41, 5.74) is 1.94. The first-order valence-corrected chi connectivity index (χ1v) is 7.39. The van der Waals surface area contributed by atoms with Crippen LogP contribution in [0, 0.1) is 0 Å². The Hall–Kier alpha value is -1.71. The van der Waals surface area contributed by atoms with E-state index < -0.39 is 0 Å². The van der Waals surface area contributed by atoms with Gasteiger partial charge in [0.05, 0.1) is 0 Å². The predicted molar refractivity (Wildman–Crippen MR) is 85.7 cm³/mol. The van der Waals surface area contributed by atoms with Crippen molar-refractivity contribution in [3.8, 4) is 11.5 Å². The van der Waals surface area contributed by atoms with Crippen LogP contribution in [0.25, 0.3) is 0 Å². The molecule has 2 N–H and O–H groups in total. The normalized spacial score (nSPS) is 12.6. The molecule has 1 unspecified atom stereocenters. The molecule has 0 heterocycles. The zero-order chi connectivity index (χ0) is 15.4. The van der Waals surface area contributed by atoms with E-state index in [1.165, 1.54) is 0 Å². The molecule has 0 aliphatic carbocycles. The van der Waals surface area contributed by atoms with Gasteiger partial charge in [0.1, 0.15) is 11.5 Å². The van der Waals surface area contributed by atoms with Crippen molar-refractivity contribution in [2.75, 3.05) is 6.54 Å². The third kappa shape index (κ3) is 3.90. The molecule has 0 spiro atoms. The zero-order valence-electron chi connectivity index (χ0n) is 12.3. The average Bonchev–Trinajstić information content (AvgIpc) is 2.47. The Labute approximate surface area is 130 Å². The SMILES string of the molecule is CCN(Cc1cc(O)ccc1Cl)C(C)c1cccc(O)c1. The number of hydrogen-bond acceptors (Lipinski definition) is 3. The summed E-state index contributed by atoms with van der Waals surface area (Å²) >= 11 is 6.20. The zero-order valence-corrected chi connectivity index (χ0v) is 13.0. The maximum Gasteiger partial charge on any atom is 0.116 e. The molecule has 4 heteroatoms. The Morgan fingerprint density at radius 2 is 1.81 bits per heavy atom. The van der Waals surface area contributed by atoms with Crippen molar-refractivity contribution in [1.82, 2.24) is 4.90 Å². The number of nitrogens with zero attached hydrogens (tertiary/aromatic N) is 1. The number of hydrogen-bond donors (Lipinski definition) is 2. The molecule has 112 valence electrons. The maximum atomic E-state index is 9.61.